The fraction of sp³-hybridized carbons (Fsp3) is 0.867. The van der Waals surface area contributed by atoms with Crippen molar-refractivity contribution in [1.29, 1.82) is 10.8 Å². The first kappa shape index (κ1) is 22.9. The standard InChI is InChI=1S/2C6H12.2CHNO.CH4/c2*1-2-4-6-5-3-1;2*2-1-3;/h2*1-6H2;2*2H;1H4. The Labute approximate surface area is 118 Å². The molecule has 0 bridgehead atoms. The van der Waals surface area contributed by atoms with Crippen LogP contribution in [0.1, 0.15) is 84.5 Å². The lowest BCUT2D eigenvalue weighted by Crippen LogP contribution is -1.85. The van der Waals surface area contributed by atoms with Crippen LogP contribution in [0.25, 0.3) is 0 Å². The summed E-state index contributed by atoms with van der Waals surface area (Å²) in [6, 6.07) is 0. The summed E-state index contributed by atoms with van der Waals surface area (Å²) in [7, 11) is 0. The summed E-state index contributed by atoms with van der Waals surface area (Å²) in [6.45, 7) is 0. The Kier molecular flexibility index (Phi) is 30.8. The van der Waals surface area contributed by atoms with Gasteiger partial charge in [0.25, 0.3) is 0 Å². The Morgan fingerprint density at radius 1 is 0.474 bits per heavy atom. The van der Waals surface area contributed by atoms with E-state index in [1.54, 1.807) is 0 Å². The maximum absolute atomic E-state index is 8.35. The molecule has 2 rings (SSSR count). The molecule has 0 heterocycles. The molecule has 112 valence electrons. The fourth-order valence-electron chi connectivity index (χ4n) is 2.12. The Morgan fingerprint density at radius 3 is 0.579 bits per heavy atom. The molecule has 0 spiro atoms. The van der Waals surface area contributed by atoms with E-state index in [9.17, 15) is 0 Å². The molecule has 0 aliphatic heterocycles. The van der Waals surface area contributed by atoms with Gasteiger partial charge in [0.05, 0.1) is 0 Å². The fourth-order valence-corrected chi connectivity index (χ4v) is 2.12. The van der Waals surface area contributed by atoms with Crippen molar-refractivity contribution in [2.45, 2.75) is 84.5 Å². The largest absolute Gasteiger partial charge is 0.231 e. The highest BCUT2D eigenvalue weighted by Crippen LogP contribution is 2.15. The number of rotatable bonds is 0. The van der Waals surface area contributed by atoms with Crippen LogP contribution in [0, 0.1) is 10.8 Å². The molecular formula is C15H30N2O2. The van der Waals surface area contributed by atoms with Gasteiger partial charge in [-0.15, -0.1) is 0 Å². The molecule has 0 radical (unpaired) electrons. The molecule has 0 amide bonds. The average molecular weight is 270 g/mol. The number of carbonyl (C=O) groups excluding carboxylic acids is 2. The maximum Gasteiger partial charge on any atom is 0.231 e. The summed E-state index contributed by atoms with van der Waals surface area (Å²) in [6.07, 6.45) is 19.5. The zero-order valence-corrected chi connectivity index (χ0v) is 11.3. The molecule has 2 aliphatic carbocycles. The van der Waals surface area contributed by atoms with Gasteiger partial charge >= 0.3 is 0 Å². The van der Waals surface area contributed by atoms with Crippen molar-refractivity contribution < 1.29 is 9.59 Å². The van der Waals surface area contributed by atoms with Crippen molar-refractivity contribution in [3.05, 3.63) is 0 Å². The van der Waals surface area contributed by atoms with Gasteiger partial charge in [0, 0.05) is 0 Å². The van der Waals surface area contributed by atoms with Crippen molar-refractivity contribution >= 4 is 12.2 Å². The molecule has 0 aromatic carbocycles. The van der Waals surface area contributed by atoms with Crippen molar-refractivity contribution in [2.75, 3.05) is 0 Å². The second-order valence-electron chi connectivity index (χ2n) is 4.45. The minimum atomic E-state index is 0. The molecule has 0 atom stereocenters. The van der Waals surface area contributed by atoms with Crippen LogP contribution in [-0.4, -0.2) is 12.2 Å². The third-order valence-electron chi connectivity index (χ3n) is 3.00. The van der Waals surface area contributed by atoms with Gasteiger partial charge in [0.2, 0.25) is 12.2 Å². The van der Waals surface area contributed by atoms with Gasteiger partial charge in [-0.2, -0.15) is 0 Å². The zero-order valence-electron chi connectivity index (χ0n) is 11.3. The first-order valence-corrected chi connectivity index (χ1v) is 6.91. The lowest BCUT2D eigenvalue weighted by atomic mass is 10.0. The van der Waals surface area contributed by atoms with E-state index >= 15 is 0 Å². The van der Waals surface area contributed by atoms with Gasteiger partial charge in [-0.3, -0.25) is 0 Å². The zero-order chi connectivity index (χ0) is 13.9. The van der Waals surface area contributed by atoms with E-state index in [2.05, 4.69) is 0 Å². The van der Waals surface area contributed by atoms with Crippen molar-refractivity contribution in [2.24, 2.45) is 0 Å². The molecule has 0 aromatic rings. The first-order chi connectivity index (χ1) is 8.83. The van der Waals surface area contributed by atoms with Crippen LogP contribution in [-0.2, 0) is 9.59 Å². The Morgan fingerprint density at radius 2 is 0.526 bits per heavy atom. The molecule has 19 heavy (non-hydrogen) atoms. The summed E-state index contributed by atoms with van der Waals surface area (Å²) >= 11 is 0. The van der Waals surface area contributed by atoms with Crippen LogP contribution in [0.3, 0.4) is 0 Å². The highest BCUT2D eigenvalue weighted by molar-refractivity contribution is 5.26. The van der Waals surface area contributed by atoms with Crippen LogP contribution in [0.5, 0.6) is 0 Å². The summed E-state index contributed by atoms with van der Waals surface area (Å²) in [5.41, 5.74) is 0. The third-order valence-corrected chi connectivity index (χ3v) is 3.00. The molecule has 2 fully saturated rings. The molecule has 0 aromatic heterocycles. The maximum atomic E-state index is 8.35. The quantitative estimate of drug-likeness (QED) is 0.473. The van der Waals surface area contributed by atoms with E-state index in [0.717, 1.165) is 12.2 Å². The predicted octanol–water partition coefficient (Wildman–Crippen LogP) is 5.12. The lowest BCUT2D eigenvalue weighted by molar-refractivity contribution is 0.504. The third kappa shape index (κ3) is 31.5. The van der Waals surface area contributed by atoms with Gasteiger partial charge in [-0.1, -0.05) is 84.5 Å². The normalized spacial score (nSPS) is 16.0. The van der Waals surface area contributed by atoms with Crippen LogP contribution in [0.15, 0.2) is 0 Å². The van der Waals surface area contributed by atoms with Gasteiger partial charge in [-0.25, -0.2) is 20.4 Å². The molecule has 4 nitrogen and oxygen atoms in total. The van der Waals surface area contributed by atoms with Gasteiger partial charge in [0.1, 0.15) is 0 Å². The van der Waals surface area contributed by atoms with Gasteiger partial charge in [-0.05, 0) is 0 Å². The van der Waals surface area contributed by atoms with E-state index in [1.165, 1.54) is 77.0 Å². The van der Waals surface area contributed by atoms with E-state index in [4.69, 9.17) is 20.4 Å². The predicted molar refractivity (Wildman–Crippen MR) is 79.0 cm³/mol. The van der Waals surface area contributed by atoms with Crippen molar-refractivity contribution in [3.8, 4) is 0 Å². The Balaban J connectivity index is -0.000000188. The van der Waals surface area contributed by atoms with Crippen LogP contribution >= 0.6 is 0 Å². The summed E-state index contributed by atoms with van der Waals surface area (Å²) in [4.78, 5) is 16.7. The molecular weight excluding hydrogens is 240 g/mol. The number of hydrogen-bond donors (Lipinski definition) is 2. The summed E-state index contributed by atoms with van der Waals surface area (Å²) < 4.78 is 0. The van der Waals surface area contributed by atoms with Crippen LogP contribution in [0.4, 0.5) is 0 Å². The highest BCUT2D eigenvalue weighted by Gasteiger charge is 1.96. The Bertz CT molecular complexity index is 163. The monoisotopic (exact) mass is 270 g/mol. The minimum absolute atomic E-state index is 0. The Hall–Kier alpha value is -1.24. The van der Waals surface area contributed by atoms with Crippen LogP contribution in [0.2, 0.25) is 0 Å². The average Bonchev–Trinajstić information content (AvgIpc) is 2.45. The summed E-state index contributed by atoms with van der Waals surface area (Å²) in [5, 5.41) is 10.8. The minimum Gasteiger partial charge on any atom is -0.222 e. The number of hydrogen-bond acceptors (Lipinski definition) is 4. The number of nitrogens with one attached hydrogen (secondary N) is 2. The summed E-state index contributed by atoms with van der Waals surface area (Å²) in [5.74, 6) is 0. The molecule has 4 heteroatoms. The lowest BCUT2D eigenvalue weighted by Gasteiger charge is -2.05. The van der Waals surface area contributed by atoms with Crippen molar-refractivity contribution in [3.63, 3.8) is 0 Å². The second kappa shape index (κ2) is 25.6. The molecule has 0 unspecified atom stereocenters. The molecule has 2 saturated carbocycles. The first-order valence-electron chi connectivity index (χ1n) is 6.91. The topological polar surface area (TPSA) is 81.8 Å². The SMILES string of the molecule is C.C1CCCCC1.C1CCCCC1.N=C=O.N=C=O. The molecule has 0 saturated heterocycles. The van der Waals surface area contributed by atoms with E-state index < -0.39 is 0 Å². The van der Waals surface area contributed by atoms with Crippen LogP contribution < -0.4 is 0 Å². The second-order valence-corrected chi connectivity index (χ2v) is 4.45. The molecule has 2 aliphatic rings. The van der Waals surface area contributed by atoms with E-state index in [1.807, 2.05) is 0 Å². The van der Waals surface area contributed by atoms with Gasteiger partial charge < -0.3 is 0 Å². The highest BCUT2D eigenvalue weighted by atomic mass is 16.1. The number of isocyanates is 2. The van der Waals surface area contributed by atoms with E-state index in [-0.39, 0.29) is 7.43 Å². The van der Waals surface area contributed by atoms with E-state index in [0.29, 0.717) is 0 Å². The van der Waals surface area contributed by atoms with Crippen molar-refractivity contribution in [1.82, 2.24) is 0 Å². The molecule has 2 N–H and O–H groups in total. The van der Waals surface area contributed by atoms with Gasteiger partial charge in [0.15, 0.2) is 0 Å². The smallest absolute Gasteiger partial charge is 0.222 e.